The first-order valence-corrected chi connectivity index (χ1v) is 5.85. The molecule has 0 saturated heterocycles. The van der Waals surface area contributed by atoms with Crippen molar-refractivity contribution in [2.75, 3.05) is 7.11 Å². The number of esters is 1. The van der Waals surface area contributed by atoms with Crippen LogP contribution in [0.1, 0.15) is 5.56 Å². The van der Waals surface area contributed by atoms with Crippen LogP contribution in [0.25, 0.3) is 21.2 Å². The van der Waals surface area contributed by atoms with Crippen LogP contribution < -0.4 is 0 Å². The molecule has 5 heteroatoms. The summed E-state index contributed by atoms with van der Waals surface area (Å²) in [5.74, 6) is -0.522. The molecule has 0 N–H and O–H groups in total. The Kier molecular flexibility index (Phi) is 4.00. The molecule has 0 aliphatic rings. The van der Waals surface area contributed by atoms with Gasteiger partial charge in [0.15, 0.2) is 0 Å². The van der Waals surface area contributed by atoms with Crippen LogP contribution in [0.5, 0.6) is 0 Å². The Labute approximate surface area is 110 Å². The van der Waals surface area contributed by atoms with E-state index in [1.54, 1.807) is 0 Å². The van der Waals surface area contributed by atoms with Gasteiger partial charge in [-0.25, -0.2) is 0 Å². The van der Waals surface area contributed by atoms with E-state index in [2.05, 4.69) is 14.8 Å². The van der Waals surface area contributed by atoms with Gasteiger partial charge in [-0.05, 0) is 28.3 Å². The number of hydrogen-bond donors (Lipinski definition) is 0. The van der Waals surface area contributed by atoms with E-state index in [0.717, 1.165) is 16.3 Å². The molecule has 0 aliphatic carbocycles. The summed E-state index contributed by atoms with van der Waals surface area (Å²) in [5.41, 5.74) is 9.48. The first-order valence-electron chi connectivity index (χ1n) is 5.85. The summed E-state index contributed by atoms with van der Waals surface area (Å²) in [4.78, 5) is 14.3. The van der Waals surface area contributed by atoms with Crippen LogP contribution in [0.2, 0.25) is 0 Å². The molecule has 0 saturated carbocycles. The smallest absolute Gasteiger partial charge is 0.314 e. The highest BCUT2D eigenvalue weighted by Gasteiger charge is 2.18. The maximum absolute atomic E-state index is 11.6. The predicted molar refractivity (Wildman–Crippen MR) is 72.6 cm³/mol. The van der Waals surface area contributed by atoms with E-state index in [9.17, 15) is 4.79 Å². The number of rotatable bonds is 4. The van der Waals surface area contributed by atoms with E-state index in [4.69, 9.17) is 5.53 Å². The second-order valence-corrected chi connectivity index (χ2v) is 4.09. The lowest BCUT2D eigenvalue weighted by Crippen LogP contribution is -2.22. The standard InChI is InChI=1S/C14H13N3O2/c1-19-14(18)13(16-17-15)9-11-7-4-6-10-5-2-3-8-12(10)11/h2-8,13H,9H2,1H3. The predicted octanol–water partition coefficient (Wildman–Crippen LogP) is 3.23. The van der Waals surface area contributed by atoms with Gasteiger partial charge in [-0.15, -0.1) is 0 Å². The normalized spacial score (nSPS) is 11.6. The van der Waals surface area contributed by atoms with E-state index >= 15 is 0 Å². The lowest BCUT2D eigenvalue weighted by Gasteiger charge is -2.11. The molecule has 0 bridgehead atoms. The molecule has 19 heavy (non-hydrogen) atoms. The summed E-state index contributed by atoms with van der Waals surface area (Å²) in [6, 6.07) is 12.9. The van der Waals surface area contributed by atoms with Crippen molar-refractivity contribution in [2.45, 2.75) is 12.5 Å². The second kappa shape index (κ2) is 5.89. The second-order valence-electron chi connectivity index (χ2n) is 4.09. The monoisotopic (exact) mass is 255 g/mol. The van der Waals surface area contributed by atoms with Gasteiger partial charge in [-0.2, -0.15) is 0 Å². The largest absolute Gasteiger partial charge is 0.469 e. The third kappa shape index (κ3) is 2.84. The lowest BCUT2D eigenvalue weighted by molar-refractivity contribution is -0.142. The fraction of sp³-hybridized carbons (Fsp3) is 0.214. The van der Waals surface area contributed by atoms with Gasteiger partial charge in [0, 0.05) is 4.91 Å². The highest BCUT2D eigenvalue weighted by Crippen LogP contribution is 2.20. The summed E-state index contributed by atoms with van der Waals surface area (Å²) in [6.45, 7) is 0. The molecule has 2 aromatic carbocycles. The number of azide groups is 1. The molecule has 0 fully saturated rings. The number of hydrogen-bond acceptors (Lipinski definition) is 3. The van der Waals surface area contributed by atoms with Crippen molar-refractivity contribution < 1.29 is 9.53 Å². The van der Waals surface area contributed by atoms with E-state index in [0.29, 0.717) is 6.42 Å². The van der Waals surface area contributed by atoms with Gasteiger partial charge < -0.3 is 4.74 Å². The van der Waals surface area contributed by atoms with Gasteiger partial charge >= 0.3 is 5.97 Å². The summed E-state index contributed by atoms with van der Waals surface area (Å²) in [6.07, 6.45) is 0.331. The van der Waals surface area contributed by atoms with Crippen LogP contribution in [-0.2, 0) is 16.0 Å². The van der Waals surface area contributed by atoms with E-state index < -0.39 is 12.0 Å². The first-order chi connectivity index (χ1) is 9.26. The zero-order valence-corrected chi connectivity index (χ0v) is 10.5. The SMILES string of the molecule is COC(=O)C(Cc1cccc2ccccc12)N=[N+]=[N-]. The minimum atomic E-state index is -0.833. The molecule has 2 aromatic rings. The highest BCUT2D eigenvalue weighted by atomic mass is 16.5. The average molecular weight is 255 g/mol. The van der Waals surface area contributed by atoms with Gasteiger partial charge in [0.2, 0.25) is 0 Å². The Balaban J connectivity index is 2.39. The maximum atomic E-state index is 11.6. The number of fused-ring (bicyclic) bond motifs is 1. The molecular formula is C14H13N3O2. The van der Waals surface area contributed by atoms with Crippen molar-refractivity contribution >= 4 is 16.7 Å². The lowest BCUT2D eigenvalue weighted by atomic mass is 9.99. The van der Waals surface area contributed by atoms with Crippen LogP contribution >= 0.6 is 0 Å². The molecule has 0 radical (unpaired) electrons. The fourth-order valence-corrected chi connectivity index (χ4v) is 2.05. The van der Waals surface area contributed by atoms with Crippen molar-refractivity contribution in [3.63, 3.8) is 0 Å². The quantitative estimate of drug-likeness (QED) is 0.364. The van der Waals surface area contributed by atoms with Crippen LogP contribution in [-0.4, -0.2) is 19.1 Å². The minimum absolute atomic E-state index is 0.331. The summed E-state index contributed by atoms with van der Waals surface area (Å²) >= 11 is 0. The number of methoxy groups -OCH3 is 1. The zero-order valence-electron chi connectivity index (χ0n) is 10.5. The van der Waals surface area contributed by atoms with E-state index in [1.807, 2.05) is 42.5 Å². The minimum Gasteiger partial charge on any atom is -0.469 e. The molecular weight excluding hydrogens is 242 g/mol. The first kappa shape index (κ1) is 12.9. The highest BCUT2D eigenvalue weighted by molar-refractivity contribution is 5.86. The molecule has 5 nitrogen and oxygen atoms in total. The molecule has 0 aliphatic heterocycles. The van der Waals surface area contributed by atoms with Crippen molar-refractivity contribution in [1.82, 2.24) is 0 Å². The van der Waals surface area contributed by atoms with E-state index in [-0.39, 0.29) is 0 Å². The third-order valence-corrected chi connectivity index (χ3v) is 2.96. The summed E-state index contributed by atoms with van der Waals surface area (Å²) < 4.78 is 4.65. The van der Waals surface area contributed by atoms with Gasteiger partial charge in [-0.1, -0.05) is 47.6 Å². The van der Waals surface area contributed by atoms with Gasteiger partial charge in [-0.3, -0.25) is 4.79 Å². The molecule has 96 valence electrons. The van der Waals surface area contributed by atoms with Crippen LogP contribution in [0, 0.1) is 0 Å². The van der Waals surface area contributed by atoms with E-state index in [1.165, 1.54) is 7.11 Å². The Morgan fingerprint density at radius 2 is 2.05 bits per heavy atom. The summed E-state index contributed by atoms with van der Waals surface area (Å²) in [5, 5.41) is 5.64. The molecule has 0 spiro atoms. The van der Waals surface area contributed by atoms with Crippen LogP contribution in [0.4, 0.5) is 0 Å². The number of ether oxygens (including phenoxy) is 1. The van der Waals surface area contributed by atoms with Gasteiger partial charge in [0.1, 0.15) is 6.04 Å². The third-order valence-electron chi connectivity index (χ3n) is 2.96. The number of benzene rings is 2. The van der Waals surface area contributed by atoms with Crippen molar-refractivity contribution in [1.29, 1.82) is 0 Å². The van der Waals surface area contributed by atoms with Crippen molar-refractivity contribution in [2.24, 2.45) is 5.11 Å². The van der Waals surface area contributed by atoms with Gasteiger partial charge in [0.25, 0.3) is 0 Å². The fourth-order valence-electron chi connectivity index (χ4n) is 2.05. The molecule has 0 aromatic heterocycles. The number of carbonyl (C=O) groups is 1. The molecule has 1 unspecified atom stereocenters. The molecule has 0 amide bonds. The Bertz CT molecular complexity index is 643. The van der Waals surface area contributed by atoms with Crippen molar-refractivity contribution in [3.05, 3.63) is 58.5 Å². The Morgan fingerprint density at radius 3 is 2.79 bits per heavy atom. The Morgan fingerprint density at radius 1 is 1.32 bits per heavy atom. The maximum Gasteiger partial charge on any atom is 0.314 e. The molecule has 0 heterocycles. The molecule has 1 atom stereocenters. The van der Waals surface area contributed by atoms with Crippen molar-refractivity contribution in [3.8, 4) is 0 Å². The number of nitrogens with zero attached hydrogens (tertiary/aromatic N) is 3. The van der Waals surface area contributed by atoms with Gasteiger partial charge in [0.05, 0.1) is 7.11 Å². The zero-order chi connectivity index (χ0) is 13.7. The molecule has 2 rings (SSSR count). The van der Waals surface area contributed by atoms with Crippen LogP contribution in [0.3, 0.4) is 0 Å². The number of carbonyl (C=O) groups excluding carboxylic acids is 1. The summed E-state index contributed by atoms with van der Waals surface area (Å²) in [7, 11) is 1.28. The van der Waals surface area contributed by atoms with Crippen LogP contribution in [0.15, 0.2) is 47.6 Å². The Hall–Kier alpha value is -2.52. The topological polar surface area (TPSA) is 75.1 Å². The average Bonchev–Trinajstić information content (AvgIpc) is 2.46.